The van der Waals surface area contributed by atoms with Crippen LogP contribution in [-0.2, 0) is 14.4 Å². The zero-order chi connectivity index (χ0) is 16.8. The summed E-state index contributed by atoms with van der Waals surface area (Å²) in [6.07, 6.45) is 0.683. The van der Waals surface area contributed by atoms with Gasteiger partial charge < -0.3 is 10.2 Å². The highest BCUT2D eigenvalue weighted by Crippen LogP contribution is 2.21. The summed E-state index contributed by atoms with van der Waals surface area (Å²) in [4.78, 5) is 34.8. The largest absolute Gasteiger partial charge is 0.340 e. The summed E-state index contributed by atoms with van der Waals surface area (Å²) in [5, 5.41) is 2.70. The first-order chi connectivity index (χ1) is 10.3. The van der Waals surface area contributed by atoms with Crippen LogP contribution in [0.3, 0.4) is 0 Å². The first-order valence-electron chi connectivity index (χ1n) is 7.35. The van der Waals surface area contributed by atoms with Crippen molar-refractivity contribution in [3.8, 4) is 0 Å². The Bertz CT molecular complexity index is 520. The molecule has 0 aromatic heterocycles. The fourth-order valence-corrected chi connectivity index (χ4v) is 2.03. The average Bonchev–Trinajstić information content (AvgIpc) is 2.43. The van der Waals surface area contributed by atoms with Crippen LogP contribution in [0.2, 0.25) is 0 Å². The van der Waals surface area contributed by atoms with E-state index in [0.29, 0.717) is 6.41 Å². The Morgan fingerprint density at radius 2 is 1.77 bits per heavy atom. The first kappa shape index (κ1) is 17.9. The zero-order valence-corrected chi connectivity index (χ0v) is 13.6. The van der Waals surface area contributed by atoms with Crippen LogP contribution in [0.5, 0.6) is 0 Å². The lowest BCUT2D eigenvalue weighted by molar-refractivity contribution is -0.143. The third-order valence-electron chi connectivity index (χ3n) is 3.60. The molecule has 120 valence electrons. The van der Waals surface area contributed by atoms with Crippen molar-refractivity contribution >= 4 is 18.1 Å². The van der Waals surface area contributed by atoms with E-state index in [9.17, 15) is 14.4 Å². The van der Waals surface area contributed by atoms with E-state index in [0.717, 1.165) is 0 Å². The topological polar surface area (TPSA) is 66.5 Å². The predicted molar refractivity (Wildman–Crippen MR) is 85.2 cm³/mol. The van der Waals surface area contributed by atoms with E-state index in [2.05, 4.69) is 24.4 Å². The minimum Gasteiger partial charge on any atom is -0.340 e. The van der Waals surface area contributed by atoms with Crippen LogP contribution in [0.1, 0.15) is 26.3 Å². The molecular formula is C17H24N2O3. The Morgan fingerprint density at radius 1 is 1.23 bits per heavy atom. The molecule has 1 aliphatic heterocycles. The Kier molecular flexibility index (Phi) is 6.28. The summed E-state index contributed by atoms with van der Waals surface area (Å²) in [5.74, 6) is -0.420. The van der Waals surface area contributed by atoms with Gasteiger partial charge >= 0.3 is 0 Å². The minimum atomic E-state index is -0.845. The number of carbonyl (C=O) groups excluding carboxylic acids is 3. The zero-order valence-electron chi connectivity index (χ0n) is 13.6. The summed E-state index contributed by atoms with van der Waals surface area (Å²) in [7, 11) is 0. The number of aryl methyl sites for hydroxylation is 1. The lowest BCUT2D eigenvalue weighted by atomic mass is 9.85. The number of likely N-dealkylation sites (tertiary alicyclic amines) is 1. The van der Waals surface area contributed by atoms with Gasteiger partial charge in [0.1, 0.15) is 5.54 Å². The van der Waals surface area contributed by atoms with Gasteiger partial charge in [-0.25, -0.2) is 0 Å². The molecule has 2 rings (SSSR count). The van der Waals surface area contributed by atoms with Gasteiger partial charge in [-0.1, -0.05) is 49.7 Å². The number of ketones is 1. The van der Waals surface area contributed by atoms with Crippen molar-refractivity contribution in [3.05, 3.63) is 35.9 Å². The van der Waals surface area contributed by atoms with E-state index in [1.165, 1.54) is 17.4 Å². The first-order valence-corrected chi connectivity index (χ1v) is 7.35. The second-order valence-electron chi connectivity index (χ2n) is 5.95. The van der Waals surface area contributed by atoms with Gasteiger partial charge in [-0.3, -0.25) is 14.4 Å². The van der Waals surface area contributed by atoms with Crippen LogP contribution >= 0.6 is 0 Å². The fourth-order valence-electron chi connectivity index (χ4n) is 2.03. The highest BCUT2D eigenvalue weighted by Gasteiger charge is 2.48. The molecular weight excluding hydrogens is 280 g/mol. The molecule has 5 nitrogen and oxygen atoms in total. The number of nitrogens with zero attached hydrogens (tertiary/aromatic N) is 1. The fraction of sp³-hybridized carbons (Fsp3) is 0.471. The summed E-state index contributed by atoms with van der Waals surface area (Å²) in [6.45, 7) is 7.61. The predicted octanol–water partition coefficient (Wildman–Crippen LogP) is 1.55. The molecule has 1 aromatic rings. The Labute approximate surface area is 131 Å². The number of amides is 2. The highest BCUT2D eigenvalue weighted by molar-refractivity contribution is 5.94. The molecule has 0 spiro atoms. The smallest absolute Gasteiger partial charge is 0.223 e. The molecule has 1 fully saturated rings. The Morgan fingerprint density at radius 3 is 2.09 bits per heavy atom. The Balaban J connectivity index is 0.000000287. The number of Topliss-reactive ketones (excluding diaryl/α,β-unsaturated/α-hetero) is 1. The normalized spacial score (nSPS) is 15.2. The maximum atomic E-state index is 11.5. The van der Waals surface area contributed by atoms with Crippen molar-refractivity contribution in [1.29, 1.82) is 0 Å². The van der Waals surface area contributed by atoms with E-state index in [1.807, 2.05) is 18.2 Å². The quantitative estimate of drug-likeness (QED) is 0.858. The van der Waals surface area contributed by atoms with Crippen LogP contribution in [-0.4, -0.2) is 41.6 Å². The molecule has 5 heteroatoms. The van der Waals surface area contributed by atoms with Crippen LogP contribution in [0, 0.1) is 12.8 Å². The van der Waals surface area contributed by atoms with Gasteiger partial charge in [0.25, 0.3) is 0 Å². The van der Waals surface area contributed by atoms with E-state index < -0.39 is 5.54 Å². The molecule has 1 saturated heterocycles. The molecule has 0 bridgehead atoms. The van der Waals surface area contributed by atoms with Crippen LogP contribution in [0.15, 0.2) is 30.3 Å². The molecule has 0 atom stereocenters. The minimum absolute atomic E-state index is 0.102. The maximum Gasteiger partial charge on any atom is 0.223 e. The molecule has 1 N–H and O–H groups in total. The van der Waals surface area contributed by atoms with Gasteiger partial charge in [-0.2, -0.15) is 0 Å². The summed E-state index contributed by atoms with van der Waals surface area (Å²) in [5.41, 5.74) is 0.477. The molecule has 0 unspecified atom stereocenters. The summed E-state index contributed by atoms with van der Waals surface area (Å²) in [6, 6.07) is 10.3. The van der Waals surface area contributed by atoms with Crippen molar-refractivity contribution in [3.63, 3.8) is 0 Å². The second-order valence-corrected chi connectivity index (χ2v) is 5.95. The lowest BCUT2D eigenvalue weighted by Gasteiger charge is -2.47. The van der Waals surface area contributed by atoms with Crippen molar-refractivity contribution < 1.29 is 14.4 Å². The SMILES string of the molecule is CC(=O)C1(NC(=O)C(C)C)CN(C=O)C1.Cc1ccccc1. The van der Waals surface area contributed by atoms with Gasteiger partial charge in [0.15, 0.2) is 5.78 Å². The van der Waals surface area contributed by atoms with E-state index >= 15 is 0 Å². The summed E-state index contributed by atoms with van der Waals surface area (Å²) < 4.78 is 0. The number of rotatable bonds is 4. The number of carbonyl (C=O) groups is 3. The van der Waals surface area contributed by atoms with Crippen molar-refractivity contribution in [2.45, 2.75) is 33.2 Å². The number of hydrogen-bond acceptors (Lipinski definition) is 3. The molecule has 1 aromatic carbocycles. The monoisotopic (exact) mass is 304 g/mol. The van der Waals surface area contributed by atoms with Crippen LogP contribution < -0.4 is 5.32 Å². The lowest BCUT2D eigenvalue weighted by Crippen LogP contribution is -2.73. The van der Waals surface area contributed by atoms with E-state index in [-0.39, 0.29) is 30.7 Å². The van der Waals surface area contributed by atoms with Gasteiger partial charge in [0.05, 0.1) is 13.1 Å². The molecule has 2 amide bonds. The van der Waals surface area contributed by atoms with Gasteiger partial charge in [0.2, 0.25) is 12.3 Å². The third kappa shape index (κ3) is 4.69. The number of benzene rings is 1. The van der Waals surface area contributed by atoms with Crippen molar-refractivity contribution in [2.24, 2.45) is 5.92 Å². The Hall–Kier alpha value is -2.17. The number of nitrogens with one attached hydrogen (secondary N) is 1. The van der Waals surface area contributed by atoms with Crippen molar-refractivity contribution in [1.82, 2.24) is 10.2 Å². The summed E-state index contributed by atoms with van der Waals surface area (Å²) >= 11 is 0. The van der Waals surface area contributed by atoms with Crippen LogP contribution in [0.4, 0.5) is 0 Å². The molecule has 1 aliphatic rings. The van der Waals surface area contributed by atoms with Gasteiger partial charge in [0, 0.05) is 5.92 Å². The molecule has 22 heavy (non-hydrogen) atoms. The van der Waals surface area contributed by atoms with E-state index in [1.54, 1.807) is 13.8 Å². The molecule has 0 saturated carbocycles. The average molecular weight is 304 g/mol. The molecule has 0 aliphatic carbocycles. The maximum absolute atomic E-state index is 11.5. The standard InChI is InChI=1S/C10H16N2O3.C7H8/c1-7(2)9(15)11-10(8(3)14)4-12(5-10)6-13;1-7-5-3-2-4-6-7/h6-7H,4-5H2,1-3H3,(H,11,15);2-6H,1H3. The second kappa shape index (κ2) is 7.73. The molecule has 1 heterocycles. The van der Waals surface area contributed by atoms with Crippen molar-refractivity contribution in [2.75, 3.05) is 13.1 Å². The van der Waals surface area contributed by atoms with Gasteiger partial charge in [-0.15, -0.1) is 0 Å². The number of hydrogen-bond donors (Lipinski definition) is 1. The third-order valence-corrected chi connectivity index (χ3v) is 3.60. The molecule has 0 radical (unpaired) electrons. The highest BCUT2D eigenvalue weighted by atomic mass is 16.2. The van der Waals surface area contributed by atoms with E-state index in [4.69, 9.17) is 0 Å². The van der Waals surface area contributed by atoms with Crippen LogP contribution in [0.25, 0.3) is 0 Å². The van der Waals surface area contributed by atoms with Gasteiger partial charge in [-0.05, 0) is 13.8 Å².